The molecule has 136 valence electrons. The molecule has 0 aliphatic heterocycles. The molecule has 0 bridgehead atoms. The molecule has 27 heavy (non-hydrogen) atoms. The van der Waals surface area contributed by atoms with Gasteiger partial charge < -0.3 is 10.2 Å². The van der Waals surface area contributed by atoms with Crippen molar-refractivity contribution in [2.45, 2.75) is 13.5 Å². The van der Waals surface area contributed by atoms with Crippen LogP contribution < -0.4 is 5.32 Å². The van der Waals surface area contributed by atoms with Crippen LogP contribution in [-0.2, 0) is 6.54 Å². The number of nitrogens with one attached hydrogen (secondary N) is 1. The molecular formula is C23H22N2O2. The zero-order valence-electron chi connectivity index (χ0n) is 15.5. The smallest absolute Gasteiger partial charge is 0.256 e. The topological polar surface area (TPSA) is 49.4 Å². The summed E-state index contributed by atoms with van der Waals surface area (Å²) in [5.41, 5.74) is 3.60. The Morgan fingerprint density at radius 3 is 2.33 bits per heavy atom. The molecule has 3 aromatic rings. The number of aryl methyl sites for hydroxylation is 1. The lowest BCUT2D eigenvalue weighted by molar-refractivity contribution is 0.0786. The van der Waals surface area contributed by atoms with Gasteiger partial charge in [-0.3, -0.25) is 9.59 Å². The second-order valence-corrected chi connectivity index (χ2v) is 6.52. The summed E-state index contributed by atoms with van der Waals surface area (Å²) >= 11 is 0. The summed E-state index contributed by atoms with van der Waals surface area (Å²) in [4.78, 5) is 27.1. The lowest BCUT2D eigenvalue weighted by Gasteiger charge is -2.19. The van der Waals surface area contributed by atoms with Gasteiger partial charge in [-0.25, -0.2) is 0 Å². The van der Waals surface area contributed by atoms with Crippen molar-refractivity contribution in [3.63, 3.8) is 0 Å². The molecule has 0 spiro atoms. The average molecular weight is 358 g/mol. The van der Waals surface area contributed by atoms with E-state index in [4.69, 9.17) is 0 Å². The van der Waals surface area contributed by atoms with Crippen molar-refractivity contribution in [2.75, 3.05) is 12.4 Å². The highest BCUT2D eigenvalue weighted by Gasteiger charge is 2.17. The number of anilines is 1. The fourth-order valence-corrected chi connectivity index (χ4v) is 2.89. The molecule has 0 saturated heterocycles. The van der Waals surface area contributed by atoms with Crippen molar-refractivity contribution in [3.05, 3.63) is 101 Å². The summed E-state index contributed by atoms with van der Waals surface area (Å²) in [6, 6.07) is 24.2. The van der Waals surface area contributed by atoms with E-state index in [-0.39, 0.29) is 11.8 Å². The first-order chi connectivity index (χ1) is 13.0. The minimum atomic E-state index is -0.232. The second-order valence-electron chi connectivity index (χ2n) is 6.52. The Balaban J connectivity index is 1.79. The first kappa shape index (κ1) is 18.4. The highest BCUT2D eigenvalue weighted by Crippen LogP contribution is 2.19. The van der Waals surface area contributed by atoms with Crippen molar-refractivity contribution >= 4 is 17.5 Å². The lowest BCUT2D eigenvalue weighted by Crippen LogP contribution is -2.27. The molecule has 3 aromatic carbocycles. The summed E-state index contributed by atoms with van der Waals surface area (Å²) in [7, 11) is 1.76. The summed E-state index contributed by atoms with van der Waals surface area (Å²) in [5.74, 6) is -0.372. The van der Waals surface area contributed by atoms with Gasteiger partial charge in [0.15, 0.2) is 0 Å². The fraction of sp³-hybridized carbons (Fsp3) is 0.130. The van der Waals surface area contributed by atoms with Gasteiger partial charge in [0.05, 0.1) is 11.3 Å². The zero-order chi connectivity index (χ0) is 19.2. The van der Waals surface area contributed by atoms with Crippen LogP contribution in [0.25, 0.3) is 0 Å². The molecule has 0 aliphatic carbocycles. The Hall–Kier alpha value is -3.40. The molecule has 1 N–H and O–H groups in total. The Bertz CT molecular complexity index is 951. The van der Waals surface area contributed by atoms with Crippen LogP contribution in [0.5, 0.6) is 0 Å². The van der Waals surface area contributed by atoms with Gasteiger partial charge >= 0.3 is 0 Å². The summed E-state index contributed by atoms with van der Waals surface area (Å²) in [6.45, 7) is 2.44. The number of rotatable bonds is 5. The number of nitrogens with zero attached hydrogens (tertiary/aromatic N) is 1. The molecule has 0 unspecified atom stereocenters. The van der Waals surface area contributed by atoms with Crippen LogP contribution in [0.2, 0.25) is 0 Å². The van der Waals surface area contributed by atoms with Crippen LogP contribution in [0.1, 0.15) is 31.8 Å². The molecule has 0 heterocycles. The van der Waals surface area contributed by atoms with E-state index in [1.807, 2.05) is 55.5 Å². The number of hydrogen-bond donors (Lipinski definition) is 1. The van der Waals surface area contributed by atoms with Gasteiger partial charge in [-0.1, -0.05) is 60.2 Å². The molecule has 0 aromatic heterocycles. The third-order valence-electron chi connectivity index (χ3n) is 4.30. The first-order valence-electron chi connectivity index (χ1n) is 8.81. The predicted octanol–water partition coefficient (Wildman–Crippen LogP) is 4.52. The molecule has 0 aliphatic rings. The van der Waals surface area contributed by atoms with E-state index >= 15 is 0 Å². The van der Waals surface area contributed by atoms with E-state index in [1.165, 1.54) is 0 Å². The first-order valence-corrected chi connectivity index (χ1v) is 8.81. The molecule has 0 saturated carbocycles. The van der Waals surface area contributed by atoms with Crippen LogP contribution in [0.4, 0.5) is 5.69 Å². The molecule has 0 radical (unpaired) electrons. The molecule has 0 fully saturated rings. The maximum absolute atomic E-state index is 12.9. The third kappa shape index (κ3) is 4.61. The van der Waals surface area contributed by atoms with Crippen molar-refractivity contribution in [1.29, 1.82) is 0 Å². The lowest BCUT2D eigenvalue weighted by atomic mass is 10.1. The maximum Gasteiger partial charge on any atom is 0.256 e. The van der Waals surface area contributed by atoms with E-state index in [0.29, 0.717) is 23.4 Å². The normalized spacial score (nSPS) is 10.3. The Morgan fingerprint density at radius 1 is 0.889 bits per heavy atom. The van der Waals surface area contributed by atoms with E-state index in [1.54, 1.807) is 42.3 Å². The summed E-state index contributed by atoms with van der Waals surface area (Å²) in [6.07, 6.45) is 0. The Labute approximate surface area is 159 Å². The number of amides is 2. The van der Waals surface area contributed by atoms with E-state index in [9.17, 15) is 9.59 Å². The zero-order valence-corrected chi connectivity index (χ0v) is 15.5. The quantitative estimate of drug-likeness (QED) is 0.729. The highest BCUT2D eigenvalue weighted by molar-refractivity contribution is 6.09. The van der Waals surface area contributed by atoms with Gasteiger partial charge in [0.25, 0.3) is 11.8 Å². The number of para-hydroxylation sites is 1. The molecule has 2 amide bonds. The number of benzene rings is 3. The number of carbonyl (C=O) groups excluding carboxylic acids is 2. The van der Waals surface area contributed by atoms with Crippen molar-refractivity contribution in [1.82, 2.24) is 4.90 Å². The molecule has 3 rings (SSSR count). The second kappa shape index (κ2) is 8.32. The largest absolute Gasteiger partial charge is 0.337 e. The van der Waals surface area contributed by atoms with Gasteiger partial charge in [-0.05, 0) is 36.8 Å². The average Bonchev–Trinajstić information content (AvgIpc) is 2.68. The van der Waals surface area contributed by atoms with E-state index in [0.717, 1.165) is 11.1 Å². The minimum absolute atomic E-state index is 0.140. The summed E-state index contributed by atoms with van der Waals surface area (Å²) in [5, 5.41) is 2.87. The molecule has 4 nitrogen and oxygen atoms in total. The molecular weight excluding hydrogens is 336 g/mol. The fourth-order valence-electron chi connectivity index (χ4n) is 2.89. The van der Waals surface area contributed by atoms with E-state index < -0.39 is 0 Å². The van der Waals surface area contributed by atoms with Crippen LogP contribution in [0, 0.1) is 6.92 Å². The molecule has 4 heteroatoms. The van der Waals surface area contributed by atoms with Crippen LogP contribution in [0.15, 0.2) is 78.9 Å². The molecule has 0 atom stereocenters. The van der Waals surface area contributed by atoms with Crippen molar-refractivity contribution in [2.24, 2.45) is 0 Å². The van der Waals surface area contributed by atoms with Gasteiger partial charge in [0.2, 0.25) is 0 Å². The monoisotopic (exact) mass is 358 g/mol. The van der Waals surface area contributed by atoms with Crippen LogP contribution >= 0.6 is 0 Å². The Morgan fingerprint density at radius 2 is 1.59 bits per heavy atom. The predicted molar refractivity (Wildman–Crippen MR) is 108 cm³/mol. The minimum Gasteiger partial charge on any atom is -0.337 e. The summed E-state index contributed by atoms with van der Waals surface area (Å²) < 4.78 is 0. The van der Waals surface area contributed by atoms with Crippen molar-refractivity contribution < 1.29 is 9.59 Å². The number of hydrogen-bond acceptors (Lipinski definition) is 2. The van der Waals surface area contributed by atoms with E-state index in [2.05, 4.69) is 5.32 Å². The van der Waals surface area contributed by atoms with Crippen LogP contribution in [0.3, 0.4) is 0 Å². The Kier molecular flexibility index (Phi) is 5.67. The van der Waals surface area contributed by atoms with Gasteiger partial charge in [-0.15, -0.1) is 0 Å². The van der Waals surface area contributed by atoms with Crippen molar-refractivity contribution in [3.8, 4) is 0 Å². The SMILES string of the molecule is Cc1cccc(C(=O)Nc2ccccc2C(=O)N(C)Cc2ccccc2)c1. The highest BCUT2D eigenvalue weighted by atomic mass is 16.2. The van der Waals surface area contributed by atoms with Crippen LogP contribution in [-0.4, -0.2) is 23.8 Å². The van der Waals surface area contributed by atoms with Gasteiger partial charge in [0, 0.05) is 19.2 Å². The third-order valence-corrected chi connectivity index (χ3v) is 4.30. The van der Waals surface area contributed by atoms with Gasteiger partial charge in [0.1, 0.15) is 0 Å². The maximum atomic E-state index is 12.9. The number of carbonyl (C=O) groups is 2. The van der Waals surface area contributed by atoms with Gasteiger partial charge in [-0.2, -0.15) is 0 Å². The standard InChI is InChI=1S/C23H22N2O2/c1-17-9-8-12-19(15-17)22(26)24-21-14-7-6-13-20(21)23(27)25(2)16-18-10-4-3-5-11-18/h3-15H,16H2,1-2H3,(H,24,26).